The third-order valence-electron chi connectivity index (χ3n) is 2.10. The topological polar surface area (TPSA) is 51.0 Å². The van der Waals surface area contributed by atoms with Crippen molar-refractivity contribution in [2.24, 2.45) is 0 Å². The zero-order valence-corrected chi connectivity index (χ0v) is 10.5. The van der Waals surface area contributed by atoms with E-state index in [4.69, 9.17) is 4.52 Å². The van der Waals surface area contributed by atoms with Gasteiger partial charge in [0.2, 0.25) is 0 Å². The first kappa shape index (κ1) is 11.1. The van der Waals surface area contributed by atoms with Crippen molar-refractivity contribution in [3.05, 3.63) is 40.1 Å². The summed E-state index contributed by atoms with van der Waals surface area (Å²) in [5.74, 6) is 0.683. The molecule has 0 spiro atoms. The minimum absolute atomic E-state index is 0.476. The summed E-state index contributed by atoms with van der Waals surface area (Å²) in [4.78, 5) is 4.23. The third kappa shape index (κ3) is 2.61. The lowest BCUT2D eigenvalue weighted by Crippen LogP contribution is -1.97. The van der Waals surface area contributed by atoms with E-state index < -0.39 is 0 Å². The molecule has 16 heavy (non-hydrogen) atoms. The average Bonchev–Trinajstić information content (AvgIpc) is 2.70. The summed E-state index contributed by atoms with van der Waals surface area (Å²) in [6.07, 6.45) is 0.663. The number of hydrogen-bond donors (Lipinski definition) is 1. The van der Waals surface area contributed by atoms with Crippen molar-refractivity contribution >= 4 is 21.9 Å². The first-order valence-electron chi connectivity index (χ1n) is 5.09. The van der Waals surface area contributed by atoms with Crippen LogP contribution in [0.1, 0.15) is 18.3 Å². The number of rotatable bonds is 4. The Bertz CT molecular complexity index is 470. The molecule has 1 aromatic heterocycles. The molecule has 0 fully saturated rings. The fraction of sp³-hybridized carbons (Fsp3) is 0.273. The first-order valence-corrected chi connectivity index (χ1v) is 5.88. The van der Waals surface area contributed by atoms with E-state index in [-0.39, 0.29) is 0 Å². The van der Waals surface area contributed by atoms with E-state index in [0.29, 0.717) is 18.3 Å². The maximum absolute atomic E-state index is 5.03. The van der Waals surface area contributed by atoms with Crippen molar-refractivity contribution in [3.8, 4) is 0 Å². The number of halogens is 1. The molecule has 1 N–H and O–H groups in total. The average molecular weight is 282 g/mol. The van der Waals surface area contributed by atoms with Crippen LogP contribution in [0.4, 0.5) is 6.01 Å². The van der Waals surface area contributed by atoms with Gasteiger partial charge in [0.05, 0.1) is 0 Å². The van der Waals surface area contributed by atoms with E-state index in [1.807, 2.05) is 31.2 Å². The number of nitrogens with one attached hydrogen (secondary N) is 1. The molecule has 0 aliphatic heterocycles. The Morgan fingerprint density at radius 2 is 2.19 bits per heavy atom. The van der Waals surface area contributed by atoms with E-state index in [1.165, 1.54) is 0 Å². The van der Waals surface area contributed by atoms with Crippen molar-refractivity contribution in [2.75, 3.05) is 11.9 Å². The predicted octanol–water partition coefficient (Wildman–Crippen LogP) is 2.85. The quantitative estimate of drug-likeness (QED) is 0.936. The van der Waals surface area contributed by atoms with Gasteiger partial charge in [0.15, 0.2) is 5.82 Å². The van der Waals surface area contributed by atoms with Gasteiger partial charge < -0.3 is 9.84 Å². The minimum Gasteiger partial charge on any atom is -0.338 e. The van der Waals surface area contributed by atoms with Gasteiger partial charge in [0, 0.05) is 17.4 Å². The summed E-state index contributed by atoms with van der Waals surface area (Å²) in [7, 11) is 0. The van der Waals surface area contributed by atoms with Crippen LogP contribution in [-0.4, -0.2) is 16.7 Å². The van der Waals surface area contributed by atoms with Crippen LogP contribution in [0.15, 0.2) is 33.3 Å². The second-order valence-corrected chi connectivity index (χ2v) is 4.17. The smallest absolute Gasteiger partial charge is 0.321 e. The molecule has 5 heteroatoms. The molecule has 4 nitrogen and oxygen atoms in total. The molecule has 0 saturated heterocycles. The lowest BCUT2D eigenvalue weighted by Gasteiger charge is -1.99. The molecule has 0 saturated carbocycles. The van der Waals surface area contributed by atoms with Crippen molar-refractivity contribution in [1.29, 1.82) is 0 Å². The molecule has 0 amide bonds. The Labute approximate surface area is 102 Å². The van der Waals surface area contributed by atoms with E-state index in [9.17, 15) is 0 Å². The van der Waals surface area contributed by atoms with Crippen LogP contribution in [0.25, 0.3) is 0 Å². The third-order valence-corrected chi connectivity index (χ3v) is 2.88. The highest BCUT2D eigenvalue weighted by Gasteiger charge is 2.07. The summed E-state index contributed by atoms with van der Waals surface area (Å²) in [5.41, 5.74) is 1.14. The highest BCUT2D eigenvalue weighted by molar-refractivity contribution is 9.10. The Morgan fingerprint density at radius 3 is 2.94 bits per heavy atom. The number of nitrogens with zero attached hydrogens (tertiary/aromatic N) is 2. The molecule has 0 aliphatic rings. The van der Waals surface area contributed by atoms with Crippen LogP contribution >= 0.6 is 15.9 Å². The molecular formula is C11H12BrN3O. The van der Waals surface area contributed by atoms with Crippen LogP contribution in [0.5, 0.6) is 0 Å². The highest BCUT2D eigenvalue weighted by atomic mass is 79.9. The number of hydrogen-bond acceptors (Lipinski definition) is 4. The molecule has 0 atom stereocenters. The summed E-state index contributed by atoms with van der Waals surface area (Å²) in [6, 6.07) is 8.48. The molecule has 0 unspecified atom stereocenters. The molecule has 1 heterocycles. The van der Waals surface area contributed by atoms with Crippen LogP contribution in [0.2, 0.25) is 0 Å². The van der Waals surface area contributed by atoms with Crippen LogP contribution < -0.4 is 5.32 Å². The molecule has 84 valence electrons. The SMILES string of the molecule is CCNc1nc(Cc2ccccc2Br)no1. The maximum atomic E-state index is 5.03. The fourth-order valence-electron chi connectivity index (χ4n) is 1.36. The molecule has 0 bridgehead atoms. The normalized spacial score (nSPS) is 10.4. The molecule has 2 aromatic rings. The van der Waals surface area contributed by atoms with Crippen molar-refractivity contribution in [2.45, 2.75) is 13.3 Å². The van der Waals surface area contributed by atoms with Crippen LogP contribution in [0, 0.1) is 0 Å². The van der Waals surface area contributed by atoms with Crippen molar-refractivity contribution in [3.63, 3.8) is 0 Å². The first-order chi connectivity index (χ1) is 7.79. The van der Waals surface area contributed by atoms with Gasteiger partial charge in [-0.15, -0.1) is 0 Å². The minimum atomic E-state index is 0.476. The van der Waals surface area contributed by atoms with E-state index in [1.54, 1.807) is 0 Å². The Balaban J connectivity index is 2.11. The van der Waals surface area contributed by atoms with Crippen molar-refractivity contribution in [1.82, 2.24) is 10.1 Å². The zero-order valence-electron chi connectivity index (χ0n) is 8.90. The Hall–Kier alpha value is -1.36. The number of aromatic nitrogens is 2. The van der Waals surface area contributed by atoms with Gasteiger partial charge in [0.25, 0.3) is 0 Å². The van der Waals surface area contributed by atoms with E-state index in [2.05, 4.69) is 31.4 Å². The maximum Gasteiger partial charge on any atom is 0.321 e. The molecule has 1 aromatic carbocycles. The zero-order chi connectivity index (χ0) is 11.4. The van der Waals surface area contributed by atoms with E-state index in [0.717, 1.165) is 16.6 Å². The molecule has 0 radical (unpaired) electrons. The number of benzene rings is 1. The Morgan fingerprint density at radius 1 is 1.38 bits per heavy atom. The summed E-state index contributed by atoms with van der Waals surface area (Å²) in [6.45, 7) is 2.76. The van der Waals surface area contributed by atoms with Crippen LogP contribution in [-0.2, 0) is 6.42 Å². The van der Waals surface area contributed by atoms with Gasteiger partial charge in [0.1, 0.15) is 0 Å². The summed E-state index contributed by atoms with van der Waals surface area (Å²) >= 11 is 3.49. The lowest BCUT2D eigenvalue weighted by molar-refractivity contribution is 0.424. The standard InChI is InChI=1S/C11H12BrN3O/c1-2-13-11-14-10(15-16-11)7-8-5-3-4-6-9(8)12/h3-6H,2,7H2,1H3,(H,13,14,15). The van der Waals surface area contributed by atoms with Crippen molar-refractivity contribution < 1.29 is 4.52 Å². The van der Waals surface area contributed by atoms with Gasteiger partial charge in [-0.25, -0.2) is 0 Å². The van der Waals surface area contributed by atoms with E-state index >= 15 is 0 Å². The lowest BCUT2D eigenvalue weighted by atomic mass is 10.1. The second kappa shape index (κ2) is 5.12. The van der Waals surface area contributed by atoms with Gasteiger partial charge in [-0.2, -0.15) is 4.98 Å². The van der Waals surface area contributed by atoms with Gasteiger partial charge in [-0.1, -0.05) is 39.3 Å². The molecular weight excluding hydrogens is 270 g/mol. The summed E-state index contributed by atoms with van der Waals surface area (Å²) in [5, 5.41) is 6.88. The molecule has 2 rings (SSSR count). The fourth-order valence-corrected chi connectivity index (χ4v) is 1.79. The summed E-state index contributed by atoms with van der Waals surface area (Å²) < 4.78 is 6.09. The van der Waals surface area contributed by atoms with Gasteiger partial charge in [-0.3, -0.25) is 0 Å². The largest absolute Gasteiger partial charge is 0.338 e. The molecule has 0 aliphatic carbocycles. The second-order valence-electron chi connectivity index (χ2n) is 3.31. The van der Waals surface area contributed by atoms with Gasteiger partial charge in [-0.05, 0) is 18.6 Å². The highest BCUT2D eigenvalue weighted by Crippen LogP contribution is 2.18. The monoisotopic (exact) mass is 281 g/mol. The number of anilines is 1. The van der Waals surface area contributed by atoms with Crippen LogP contribution in [0.3, 0.4) is 0 Å². The van der Waals surface area contributed by atoms with Gasteiger partial charge >= 0.3 is 6.01 Å². The Kier molecular flexibility index (Phi) is 3.56. The predicted molar refractivity (Wildman–Crippen MR) is 65.4 cm³/mol.